The molecule has 2 N–H and O–H groups in total. The van der Waals surface area contributed by atoms with E-state index in [1.165, 1.54) is 15.8 Å². The summed E-state index contributed by atoms with van der Waals surface area (Å²) < 4.78 is 6.47. The third-order valence-electron chi connectivity index (χ3n) is 4.39. The van der Waals surface area contributed by atoms with E-state index in [0.717, 1.165) is 0 Å². The number of benzene rings is 2. The van der Waals surface area contributed by atoms with Gasteiger partial charge in [-0.2, -0.15) is 0 Å². The number of carbonyl (C=O) groups is 2. The highest BCUT2D eigenvalue weighted by atomic mass is 16.5. The Morgan fingerprint density at radius 3 is 2.53 bits per heavy atom. The summed E-state index contributed by atoms with van der Waals surface area (Å²) in [5, 5.41) is 5.78. The number of amides is 3. The van der Waals surface area contributed by atoms with Crippen molar-refractivity contribution in [2.75, 3.05) is 38.4 Å². The van der Waals surface area contributed by atoms with Gasteiger partial charge in [-0.1, -0.05) is 6.07 Å². The van der Waals surface area contributed by atoms with Crippen molar-refractivity contribution in [3.05, 3.63) is 64.7 Å². The van der Waals surface area contributed by atoms with Crippen LogP contribution in [0.1, 0.15) is 10.4 Å². The number of hydrogen-bond acceptors (Lipinski definition) is 5. The van der Waals surface area contributed by atoms with E-state index in [1.807, 2.05) is 0 Å². The molecule has 0 unspecified atom stereocenters. The number of carbonyl (C=O) groups excluding carboxylic acids is 2. The lowest BCUT2D eigenvalue weighted by Gasteiger charge is -2.12. The molecule has 1 aromatic heterocycles. The van der Waals surface area contributed by atoms with E-state index in [2.05, 4.69) is 15.6 Å². The minimum Gasteiger partial charge on any atom is -0.383 e. The van der Waals surface area contributed by atoms with Gasteiger partial charge in [-0.05, 0) is 36.4 Å². The van der Waals surface area contributed by atoms with Crippen LogP contribution in [0, 0.1) is 0 Å². The smallest absolute Gasteiger partial charge is 0.323 e. The Kier molecular flexibility index (Phi) is 6.43. The Bertz CT molecular complexity index is 1140. The lowest BCUT2D eigenvalue weighted by Crippen LogP contribution is -2.23. The Balaban J connectivity index is 1.76. The van der Waals surface area contributed by atoms with Crippen LogP contribution in [0.25, 0.3) is 10.9 Å². The van der Waals surface area contributed by atoms with Crippen LogP contribution in [0.15, 0.2) is 53.6 Å². The highest BCUT2D eigenvalue weighted by molar-refractivity contribution is 6.02. The number of methoxy groups -OCH3 is 1. The first-order valence-corrected chi connectivity index (χ1v) is 9.27. The largest absolute Gasteiger partial charge is 0.383 e. The fourth-order valence-corrected chi connectivity index (χ4v) is 2.87. The molecule has 9 nitrogen and oxygen atoms in total. The van der Waals surface area contributed by atoms with Gasteiger partial charge in [0.05, 0.1) is 30.4 Å². The van der Waals surface area contributed by atoms with E-state index in [1.54, 1.807) is 63.7 Å². The quantitative estimate of drug-likeness (QED) is 0.650. The number of nitrogens with zero attached hydrogens (tertiary/aromatic N) is 3. The fourth-order valence-electron chi connectivity index (χ4n) is 2.87. The second-order valence-electron chi connectivity index (χ2n) is 6.83. The Morgan fingerprint density at radius 2 is 1.83 bits per heavy atom. The van der Waals surface area contributed by atoms with Gasteiger partial charge in [0.2, 0.25) is 0 Å². The summed E-state index contributed by atoms with van der Waals surface area (Å²) in [4.78, 5) is 42.8. The zero-order valence-corrected chi connectivity index (χ0v) is 17.0. The van der Waals surface area contributed by atoms with Crippen LogP contribution < -0.4 is 16.2 Å². The molecule has 0 radical (unpaired) electrons. The van der Waals surface area contributed by atoms with Gasteiger partial charge >= 0.3 is 6.03 Å². The molecule has 1 heterocycles. The first-order valence-electron chi connectivity index (χ1n) is 9.27. The van der Waals surface area contributed by atoms with Crippen molar-refractivity contribution in [2.45, 2.75) is 6.54 Å². The molecule has 0 aliphatic carbocycles. The Morgan fingerprint density at radius 1 is 1.10 bits per heavy atom. The lowest BCUT2D eigenvalue weighted by molar-refractivity contribution is 0.0827. The van der Waals surface area contributed by atoms with E-state index < -0.39 is 6.03 Å². The molecule has 30 heavy (non-hydrogen) atoms. The third kappa shape index (κ3) is 4.81. The van der Waals surface area contributed by atoms with Gasteiger partial charge in [-0.3, -0.25) is 14.2 Å². The van der Waals surface area contributed by atoms with Gasteiger partial charge < -0.3 is 20.3 Å². The third-order valence-corrected chi connectivity index (χ3v) is 4.39. The molecule has 0 aliphatic heterocycles. The zero-order valence-electron chi connectivity index (χ0n) is 17.0. The molecule has 3 amide bonds. The van der Waals surface area contributed by atoms with E-state index in [4.69, 9.17) is 4.74 Å². The monoisotopic (exact) mass is 409 g/mol. The Hall–Kier alpha value is -3.72. The van der Waals surface area contributed by atoms with Crippen LogP contribution in [0.5, 0.6) is 0 Å². The van der Waals surface area contributed by atoms with Crippen LogP contribution in [-0.2, 0) is 11.3 Å². The number of hydrogen-bond donors (Lipinski definition) is 2. The van der Waals surface area contributed by atoms with Crippen LogP contribution in [0.4, 0.5) is 16.2 Å². The van der Waals surface area contributed by atoms with Crippen LogP contribution in [0.2, 0.25) is 0 Å². The van der Waals surface area contributed by atoms with Crippen molar-refractivity contribution < 1.29 is 14.3 Å². The average Bonchev–Trinajstić information content (AvgIpc) is 2.73. The molecule has 0 spiro atoms. The van der Waals surface area contributed by atoms with Crippen LogP contribution in [-0.4, -0.2) is 54.2 Å². The summed E-state index contributed by atoms with van der Waals surface area (Å²) in [7, 11) is 4.88. The molecule has 0 bridgehead atoms. The summed E-state index contributed by atoms with van der Waals surface area (Å²) >= 11 is 0. The molecule has 0 saturated heterocycles. The number of fused-ring (bicyclic) bond motifs is 1. The molecule has 0 saturated carbocycles. The fraction of sp³-hybridized carbons (Fsp3) is 0.238. The van der Waals surface area contributed by atoms with E-state index in [0.29, 0.717) is 41.0 Å². The summed E-state index contributed by atoms with van der Waals surface area (Å²) in [5.74, 6) is -0.161. The maximum Gasteiger partial charge on any atom is 0.323 e. The lowest BCUT2D eigenvalue weighted by atomic mass is 10.2. The van der Waals surface area contributed by atoms with Crippen molar-refractivity contribution in [2.24, 2.45) is 0 Å². The van der Waals surface area contributed by atoms with Gasteiger partial charge in [0.25, 0.3) is 11.5 Å². The standard InChI is InChI=1S/C21H23N5O4/c1-25(2)19(27)14-5-4-6-15(11-14)23-21(29)24-16-7-8-18-17(12-16)20(28)26(13-22-18)9-10-30-3/h4-8,11-13H,9-10H2,1-3H3,(H2,23,24,29). The molecule has 3 aromatic rings. The number of nitrogens with one attached hydrogen (secondary N) is 2. The maximum absolute atomic E-state index is 12.6. The first kappa shape index (κ1) is 21.0. The molecule has 0 aliphatic rings. The predicted molar refractivity (Wildman–Crippen MR) is 115 cm³/mol. The van der Waals surface area contributed by atoms with E-state index in [-0.39, 0.29) is 11.5 Å². The predicted octanol–water partition coefficient (Wildman–Crippen LogP) is 2.39. The zero-order chi connectivity index (χ0) is 21.7. The minimum absolute atomic E-state index is 0.161. The number of urea groups is 1. The van der Waals surface area contributed by atoms with E-state index >= 15 is 0 Å². The highest BCUT2D eigenvalue weighted by Crippen LogP contribution is 2.16. The number of aromatic nitrogens is 2. The molecule has 9 heteroatoms. The van der Waals surface area contributed by atoms with Gasteiger partial charge in [-0.15, -0.1) is 0 Å². The molecule has 3 rings (SSSR count). The molecule has 0 atom stereocenters. The van der Waals surface area contributed by atoms with Gasteiger partial charge in [0.1, 0.15) is 0 Å². The molecule has 156 valence electrons. The summed E-state index contributed by atoms with van der Waals surface area (Å²) in [6, 6.07) is 11.1. The SMILES string of the molecule is COCCn1cnc2ccc(NC(=O)Nc3cccc(C(=O)N(C)C)c3)cc2c1=O. The first-order chi connectivity index (χ1) is 14.4. The van der Waals surface area contributed by atoms with Gasteiger partial charge in [0.15, 0.2) is 0 Å². The van der Waals surface area contributed by atoms with Crippen LogP contribution in [0.3, 0.4) is 0 Å². The van der Waals surface area contributed by atoms with Crippen molar-refractivity contribution in [1.82, 2.24) is 14.5 Å². The Labute approximate surface area is 173 Å². The van der Waals surface area contributed by atoms with E-state index in [9.17, 15) is 14.4 Å². The normalized spacial score (nSPS) is 10.6. The van der Waals surface area contributed by atoms with Gasteiger partial charge in [0, 0.05) is 38.1 Å². The summed E-state index contributed by atoms with van der Waals surface area (Å²) in [5.41, 5.74) is 1.71. The van der Waals surface area contributed by atoms with Crippen molar-refractivity contribution in [3.8, 4) is 0 Å². The minimum atomic E-state index is -0.493. The molecular formula is C21H23N5O4. The summed E-state index contributed by atoms with van der Waals surface area (Å²) in [6.45, 7) is 0.779. The van der Waals surface area contributed by atoms with Crippen molar-refractivity contribution in [3.63, 3.8) is 0 Å². The van der Waals surface area contributed by atoms with Crippen molar-refractivity contribution in [1.29, 1.82) is 0 Å². The second kappa shape index (κ2) is 9.19. The molecular weight excluding hydrogens is 386 g/mol. The average molecular weight is 409 g/mol. The second-order valence-corrected chi connectivity index (χ2v) is 6.83. The van der Waals surface area contributed by atoms with Gasteiger partial charge in [-0.25, -0.2) is 9.78 Å². The van der Waals surface area contributed by atoms with Crippen molar-refractivity contribution >= 4 is 34.2 Å². The summed E-state index contributed by atoms with van der Waals surface area (Å²) in [6.07, 6.45) is 1.48. The maximum atomic E-state index is 12.6. The number of anilines is 2. The topological polar surface area (TPSA) is 106 Å². The molecule has 0 fully saturated rings. The number of rotatable bonds is 6. The van der Waals surface area contributed by atoms with Crippen LogP contribution >= 0.6 is 0 Å². The molecule has 2 aromatic carbocycles. The number of ether oxygens (including phenoxy) is 1. The highest BCUT2D eigenvalue weighted by Gasteiger charge is 2.11.